The summed E-state index contributed by atoms with van der Waals surface area (Å²) in [6.45, 7) is 3.91. The molecule has 4 aromatic heterocycles. The quantitative estimate of drug-likeness (QED) is 0.158. The third kappa shape index (κ3) is 8.21. The highest BCUT2D eigenvalue weighted by atomic mass is 19.4. The first kappa shape index (κ1) is 32.0. The number of ether oxygens (including phenoxy) is 1. The van der Waals surface area contributed by atoms with Crippen molar-refractivity contribution < 1.29 is 36.2 Å². The molecule has 6 rings (SSSR count). The maximum atomic E-state index is 12.4. The topological polar surface area (TPSA) is 24.8 Å². The van der Waals surface area contributed by atoms with E-state index in [1.807, 2.05) is 29.1 Å². The summed E-state index contributed by atoms with van der Waals surface area (Å²) in [4.78, 5) is 0. The van der Waals surface area contributed by atoms with Gasteiger partial charge < -0.3 is 4.74 Å². The Hall–Kier alpha value is -5.37. The fourth-order valence-corrected chi connectivity index (χ4v) is 5.15. The van der Waals surface area contributed by atoms with E-state index in [1.165, 1.54) is 28.8 Å². The molecule has 0 radical (unpaired) electrons. The fourth-order valence-electron chi connectivity index (χ4n) is 5.15. The standard InChI is InChI=1S/C37H33F3N4O.CH4/c1-29-3-5-34(6-4-29)43-25-15-32(16-26-43)30-11-21-41(22-12-30)19-2-20-42-23-13-31(14-24-42)33-17-27-44(28-18-33)35-7-9-36(10-8-35)45-37(38,39)40;/h3-18,21-28H,2,19-20H2,1H3;1H4/q+4;. The van der Waals surface area contributed by atoms with E-state index in [2.05, 4.69) is 123 Å². The summed E-state index contributed by atoms with van der Waals surface area (Å²) in [5, 5.41) is 0. The van der Waals surface area contributed by atoms with Crippen molar-refractivity contribution >= 4 is 0 Å². The maximum absolute atomic E-state index is 12.4. The molecule has 0 aliphatic rings. The Morgan fingerprint density at radius 1 is 0.500 bits per heavy atom. The molecule has 4 heterocycles. The SMILES string of the molecule is C.Cc1ccc(-[n+]2ccc(-c3cc[n+](CCC[n+]4ccc(-c5cc[n+](-c6ccc(OC(F)(F)F)cc6)cc5)cc4)cc3)cc2)cc1. The number of aryl methyl sites for hydroxylation is 3. The van der Waals surface area contributed by atoms with E-state index in [9.17, 15) is 13.2 Å². The molecule has 2 aromatic carbocycles. The van der Waals surface area contributed by atoms with Gasteiger partial charge in [-0.25, -0.2) is 9.13 Å². The van der Waals surface area contributed by atoms with E-state index < -0.39 is 6.36 Å². The van der Waals surface area contributed by atoms with Gasteiger partial charge in [0.1, 0.15) is 5.75 Å². The van der Waals surface area contributed by atoms with Crippen molar-refractivity contribution in [1.29, 1.82) is 0 Å². The predicted octanol–water partition coefficient (Wildman–Crippen LogP) is 7.08. The Labute approximate surface area is 267 Å². The van der Waals surface area contributed by atoms with Gasteiger partial charge >= 0.3 is 6.36 Å². The zero-order valence-electron chi connectivity index (χ0n) is 24.8. The van der Waals surface area contributed by atoms with Crippen LogP contribution in [-0.2, 0) is 13.1 Å². The summed E-state index contributed by atoms with van der Waals surface area (Å²) < 4.78 is 49.5. The van der Waals surface area contributed by atoms with Crippen LogP contribution in [0.2, 0.25) is 0 Å². The highest BCUT2D eigenvalue weighted by Crippen LogP contribution is 2.23. The smallest absolute Gasteiger partial charge is 0.406 e. The number of alkyl halides is 3. The molecule has 0 aliphatic heterocycles. The first-order valence-electron chi connectivity index (χ1n) is 14.7. The molecular formula is C38H37F3N4O+4. The average Bonchev–Trinajstić information content (AvgIpc) is 3.06. The Kier molecular flexibility index (Phi) is 9.86. The Morgan fingerprint density at radius 3 is 1.22 bits per heavy atom. The second-order valence-electron chi connectivity index (χ2n) is 10.9. The Morgan fingerprint density at radius 2 is 0.848 bits per heavy atom. The van der Waals surface area contributed by atoms with Gasteiger partial charge in [0.2, 0.25) is 11.4 Å². The van der Waals surface area contributed by atoms with Crippen LogP contribution in [-0.4, -0.2) is 6.36 Å². The lowest BCUT2D eigenvalue weighted by Crippen LogP contribution is -2.38. The second kappa shape index (κ2) is 14.2. The number of hydrogen-bond donors (Lipinski definition) is 0. The molecule has 0 saturated carbocycles. The molecule has 0 atom stereocenters. The number of halogens is 3. The summed E-state index contributed by atoms with van der Waals surface area (Å²) in [6.07, 6.45) is 12.7. The van der Waals surface area contributed by atoms with Crippen LogP contribution in [0.3, 0.4) is 0 Å². The van der Waals surface area contributed by atoms with Crippen LogP contribution < -0.4 is 23.0 Å². The normalized spacial score (nSPS) is 11.1. The van der Waals surface area contributed by atoms with Crippen LogP contribution in [0.25, 0.3) is 33.6 Å². The van der Waals surface area contributed by atoms with Crippen molar-refractivity contribution in [3.05, 3.63) is 152 Å². The minimum Gasteiger partial charge on any atom is -0.406 e. The molecule has 0 saturated heterocycles. The molecule has 232 valence electrons. The molecule has 0 unspecified atom stereocenters. The van der Waals surface area contributed by atoms with Gasteiger partial charge in [-0.2, -0.15) is 9.13 Å². The van der Waals surface area contributed by atoms with E-state index in [0.717, 1.165) is 42.0 Å². The second-order valence-corrected chi connectivity index (χ2v) is 10.9. The number of nitrogens with zero attached hydrogens (tertiary/aromatic N) is 4. The zero-order valence-corrected chi connectivity index (χ0v) is 24.8. The Balaban J connectivity index is 0.00000417. The third-order valence-electron chi connectivity index (χ3n) is 7.64. The van der Waals surface area contributed by atoms with Crippen LogP contribution in [0.4, 0.5) is 13.2 Å². The van der Waals surface area contributed by atoms with Crippen molar-refractivity contribution in [2.45, 2.75) is 40.2 Å². The molecular weight excluding hydrogens is 585 g/mol. The molecule has 0 amide bonds. The van der Waals surface area contributed by atoms with Gasteiger partial charge in [-0.15, -0.1) is 13.2 Å². The minimum atomic E-state index is -4.70. The van der Waals surface area contributed by atoms with Gasteiger partial charge in [0.15, 0.2) is 62.7 Å². The fraction of sp³-hybridized carbons (Fsp3) is 0.158. The van der Waals surface area contributed by atoms with Crippen LogP contribution in [0, 0.1) is 6.92 Å². The van der Waals surface area contributed by atoms with Gasteiger partial charge in [0.05, 0.1) is 6.42 Å². The van der Waals surface area contributed by atoms with Gasteiger partial charge in [-0.1, -0.05) is 25.1 Å². The van der Waals surface area contributed by atoms with Gasteiger partial charge in [-0.3, -0.25) is 0 Å². The summed E-state index contributed by atoms with van der Waals surface area (Å²) in [5.74, 6) is -0.243. The number of benzene rings is 2. The first-order chi connectivity index (χ1) is 21.8. The van der Waals surface area contributed by atoms with Crippen LogP contribution in [0.5, 0.6) is 5.75 Å². The van der Waals surface area contributed by atoms with Crippen molar-refractivity contribution in [2.24, 2.45) is 0 Å². The van der Waals surface area contributed by atoms with Gasteiger partial charge in [0.25, 0.3) is 0 Å². The van der Waals surface area contributed by atoms with E-state index in [4.69, 9.17) is 0 Å². The Bertz CT molecular complexity index is 1840. The van der Waals surface area contributed by atoms with Crippen LogP contribution >= 0.6 is 0 Å². The number of pyridine rings is 4. The van der Waals surface area contributed by atoms with Gasteiger partial charge in [-0.05, 0) is 41.3 Å². The monoisotopic (exact) mass is 622 g/mol. The zero-order chi connectivity index (χ0) is 31.2. The number of rotatable bonds is 9. The average molecular weight is 623 g/mol. The van der Waals surface area contributed by atoms with E-state index in [1.54, 1.807) is 12.1 Å². The molecule has 0 spiro atoms. The lowest BCUT2D eigenvalue weighted by atomic mass is 10.1. The van der Waals surface area contributed by atoms with Crippen molar-refractivity contribution in [1.82, 2.24) is 0 Å². The molecule has 46 heavy (non-hydrogen) atoms. The number of hydrogen-bond acceptors (Lipinski definition) is 1. The number of aromatic nitrogens is 4. The van der Waals surface area contributed by atoms with E-state index in [0.29, 0.717) is 0 Å². The third-order valence-corrected chi connectivity index (χ3v) is 7.64. The van der Waals surface area contributed by atoms with E-state index >= 15 is 0 Å². The molecule has 0 fully saturated rings. The molecule has 0 aliphatic carbocycles. The van der Waals surface area contributed by atoms with Crippen molar-refractivity contribution in [3.8, 4) is 39.4 Å². The highest BCUT2D eigenvalue weighted by Gasteiger charge is 2.31. The van der Waals surface area contributed by atoms with Crippen LogP contribution in [0.1, 0.15) is 19.4 Å². The van der Waals surface area contributed by atoms with E-state index in [-0.39, 0.29) is 13.2 Å². The molecule has 8 heteroatoms. The molecule has 0 N–H and O–H groups in total. The largest absolute Gasteiger partial charge is 0.573 e. The summed E-state index contributed by atoms with van der Waals surface area (Å²) >= 11 is 0. The molecule has 5 nitrogen and oxygen atoms in total. The maximum Gasteiger partial charge on any atom is 0.573 e. The first-order valence-corrected chi connectivity index (χ1v) is 14.7. The summed E-state index contributed by atoms with van der Waals surface area (Å²) in [7, 11) is 0. The van der Waals surface area contributed by atoms with Crippen molar-refractivity contribution in [2.75, 3.05) is 0 Å². The molecule has 0 bridgehead atoms. The highest BCUT2D eigenvalue weighted by molar-refractivity contribution is 5.61. The van der Waals surface area contributed by atoms with Gasteiger partial charge in [0, 0.05) is 72.8 Å². The lowest BCUT2D eigenvalue weighted by Gasteiger charge is -2.08. The minimum absolute atomic E-state index is 0. The van der Waals surface area contributed by atoms with Crippen LogP contribution in [0.15, 0.2) is 147 Å². The summed E-state index contributed by atoms with van der Waals surface area (Å²) in [6, 6.07) is 31.0. The molecule has 6 aromatic rings. The predicted molar refractivity (Wildman–Crippen MR) is 170 cm³/mol. The lowest BCUT2D eigenvalue weighted by molar-refractivity contribution is -0.726. The van der Waals surface area contributed by atoms with Crippen molar-refractivity contribution in [3.63, 3.8) is 0 Å². The summed E-state index contributed by atoms with van der Waals surface area (Å²) in [5.41, 5.74) is 7.64.